The highest BCUT2D eigenvalue weighted by molar-refractivity contribution is 9.10. The standard InChI is InChI=1S/C22H22BrN3O3/c23-18-5-2-1-4-17(18)12-24-21(28)16-9-7-15(8-10-16)13-25-14-20(27)26-11-3-6-19(26)22(25)29/h1-2,4-5,7-10,19H,3,6,11-14H2,(H,24,28)/t19-/m0/s1. The van der Waals surface area contributed by atoms with E-state index < -0.39 is 0 Å². The highest BCUT2D eigenvalue weighted by atomic mass is 79.9. The summed E-state index contributed by atoms with van der Waals surface area (Å²) in [5.41, 5.74) is 2.47. The molecule has 2 aliphatic rings. The maximum atomic E-state index is 12.6. The van der Waals surface area contributed by atoms with Crippen molar-refractivity contribution in [3.8, 4) is 0 Å². The Labute approximate surface area is 178 Å². The highest BCUT2D eigenvalue weighted by Gasteiger charge is 2.41. The number of hydrogen-bond acceptors (Lipinski definition) is 3. The Kier molecular flexibility index (Phi) is 5.67. The first kappa shape index (κ1) is 19.6. The molecule has 2 aromatic rings. The summed E-state index contributed by atoms with van der Waals surface area (Å²) in [6.45, 7) is 1.63. The number of rotatable bonds is 5. The van der Waals surface area contributed by atoms with Crippen molar-refractivity contribution in [1.29, 1.82) is 0 Å². The first-order valence-corrected chi connectivity index (χ1v) is 10.5. The fourth-order valence-corrected chi connectivity index (χ4v) is 4.32. The Hall–Kier alpha value is -2.67. The molecule has 0 radical (unpaired) electrons. The molecule has 0 aliphatic carbocycles. The predicted octanol–water partition coefficient (Wildman–Crippen LogP) is 2.71. The number of nitrogens with one attached hydrogen (secondary N) is 1. The van der Waals surface area contributed by atoms with E-state index in [9.17, 15) is 14.4 Å². The van der Waals surface area contributed by atoms with Crippen molar-refractivity contribution in [2.45, 2.75) is 32.0 Å². The Morgan fingerprint density at radius 3 is 2.62 bits per heavy atom. The van der Waals surface area contributed by atoms with Crippen LogP contribution in [0.4, 0.5) is 0 Å². The monoisotopic (exact) mass is 455 g/mol. The van der Waals surface area contributed by atoms with E-state index >= 15 is 0 Å². The Morgan fingerprint density at radius 2 is 1.86 bits per heavy atom. The van der Waals surface area contributed by atoms with Crippen molar-refractivity contribution in [2.75, 3.05) is 13.1 Å². The van der Waals surface area contributed by atoms with Gasteiger partial charge in [0.15, 0.2) is 0 Å². The lowest BCUT2D eigenvalue weighted by molar-refractivity contribution is -0.154. The molecule has 0 unspecified atom stereocenters. The molecule has 29 heavy (non-hydrogen) atoms. The summed E-state index contributed by atoms with van der Waals surface area (Å²) >= 11 is 3.47. The van der Waals surface area contributed by atoms with Crippen molar-refractivity contribution in [3.63, 3.8) is 0 Å². The molecular formula is C22H22BrN3O3. The van der Waals surface area contributed by atoms with Crippen molar-refractivity contribution in [1.82, 2.24) is 15.1 Å². The third-order valence-corrected chi connectivity index (χ3v) is 6.26. The van der Waals surface area contributed by atoms with Crippen LogP contribution < -0.4 is 5.32 Å². The molecule has 4 rings (SSSR count). The van der Waals surface area contributed by atoms with E-state index in [1.54, 1.807) is 21.9 Å². The van der Waals surface area contributed by atoms with Gasteiger partial charge in [-0.1, -0.05) is 46.3 Å². The number of halogens is 1. The summed E-state index contributed by atoms with van der Waals surface area (Å²) in [5, 5.41) is 2.91. The van der Waals surface area contributed by atoms with Gasteiger partial charge in [-0.05, 0) is 42.2 Å². The lowest BCUT2D eigenvalue weighted by Crippen LogP contribution is -2.56. The quantitative estimate of drug-likeness (QED) is 0.753. The van der Waals surface area contributed by atoms with E-state index in [1.807, 2.05) is 36.4 Å². The van der Waals surface area contributed by atoms with Gasteiger partial charge in [-0.3, -0.25) is 14.4 Å². The molecule has 2 aromatic carbocycles. The summed E-state index contributed by atoms with van der Waals surface area (Å²) in [5.74, 6) is -0.106. The molecule has 2 aliphatic heterocycles. The molecule has 0 spiro atoms. The molecule has 6 nitrogen and oxygen atoms in total. The zero-order valence-electron chi connectivity index (χ0n) is 15.9. The molecule has 0 saturated carbocycles. The topological polar surface area (TPSA) is 69.7 Å². The smallest absolute Gasteiger partial charge is 0.251 e. The summed E-state index contributed by atoms with van der Waals surface area (Å²) in [4.78, 5) is 40.6. The van der Waals surface area contributed by atoms with Gasteiger partial charge in [0.1, 0.15) is 12.6 Å². The van der Waals surface area contributed by atoms with Crippen molar-refractivity contribution in [3.05, 3.63) is 69.7 Å². The van der Waals surface area contributed by atoms with Gasteiger partial charge in [0.05, 0.1) is 0 Å². The average Bonchev–Trinajstić information content (AvgIpc) is 3.22. The second kappa shape index (κ2) is 8.37. The maximum absolute atomic E-state index is 12.6. The van der Waals surface area contributed by atoms with Gasteiger partial charge in [-0.2, -0.15) is 0 Å². The zero-order chi connectivity index (χ0) is 20.4. The minimum absolute atomic E-state index is 0.0233. The Bertz CT molecular complexity index is 945. The normalized spacial score (nSPS) is 18.7. The highest BCUT2D eigenvalue weighted by Crippen LogP contribution is 2.24. The molecule has 2 heterocycles. The third-order valence-electron chi connectivity index (χ3n) is 5.48. The molecule has 2 saturated heterocycles. The molecule has 7 heteroatoms. The molecular weight excluding hydrogens is 434 g/mol. The summed E-state index contributed by atoms with van der Waals surface area (Å²) in [6.07, 6.45) is 1.64. The van der Waals surface area contributed by atoms with Gasteiger partial charge in [0.25, 0.3) is 5.91 Å². The second-order valence-electron chi connectivity index (χ2n) is 7.41. The van der Waals surface area contributed by atoms with Gasteiger partial charge in [-0.15, -0.1) is 0 Å². The first-order chi connectivity index (χ1) is 14.0. The molecule has 1 atom stereocenters. The van der Waals surface area contributed by atoms with E-state index in [2.05, 4.69) is 21.2 Å². The summed E-state index contributed by atoms with van der Waals surface area (Å²) in [6, 6.07) is 14.6. The van der Waals surface area contributed by atoms with Crippen LogP contribution >= 0.6 is 15.9 Å². The average molecular weight is 456 g/mol. The minimum Gasteiger partial charge on any atom is -0.348 e. The van der Waals surface area contributed by atoms with E-state index in [-0.39, 0.29) is 30.3 Å². The van der Waals surface area contributed by atoms with E-state index in [0.29, 0.717) is 25.2 Å². The Morgan fingerprint density at radius 1 is 1.10 bits per heavy atom. The minimum atomic E-state index is -0.293. The summed E-state index contributed by atoms with van der Waals surface area (Å²) in [7, 11) is 0. The zero-order valence-corrected chi connectivity index (χ0v) is 17.5. The number of benzene rings is 2. The maximum Gasteiger partial charge on any atom is 0.251 e. The van der Waals surface area contributed by atoms with Crippen LogP contribution in [0.1, 0.15) is 34.3 Å². The van der Waals surface area contributed by atoms with Gasteiger partial charge < -0.3 is 15.1 Å². The summed E-state index contributed by atoms with van der Waals surface area (Å²) < 4.78 is 0.956. The number of fused-ring (bicyclic) bond motifs is 1. The van der Waals surface area contributed by atoms with E-state index in [0.717, 1.165) is 28.4 Å². The predicted molar refractivity (Wildman–Crippen MR) is 112 cm³/mol. The molecule has 150 valence electrons. The number of carbonyl (C=O) groups is 3. The molecule has 0 aromatic heterocycles. The Balaban J connectivity index is 1.36. The van der Waals surface area contributed by atoms with Crippen LogP contribution in [0.2, 0.25) is 0 Å². The van der Waals surface area contributed by atoms with Crippen molar-refractivity contribution >= 4 is 33.7 Å². The molecule has 1 N–H and O–H groups in total. The lowest BCUT2D eigenvalue weighted by Gasteiger charge is -2.36. The van der Waals surface area contributed by atoms with Gasteiger partial charge in [-0.25, -0.2) is 0 Å². The first-order valence-electron chi connectivity index (χ1n) is 9.72. The fourth-order valence-electron chi connectivity index (χ4n) is 3.90. The van der Waals surface area contributed by atoms with Crippen LogP contribution in [0.25, 0.3) is 0 Å². The van der Waals surface area contributed by atoms with Crippen LogP contribution in [0.5, 0.6) is 0 Å². The van der Waals surface area contributed by atoms with Crippen molar-refractivity contribution < 1.29 is 14.4 Å². The van der Waals surface area contributed by atoms with Crippen LogP contribution in [0.3, 0.4) is 0 Å². The molecule has 2 fully saturated rings. The van der Waals surface area contributed by atoms with Gasteiger partial charge in [0.2, 0.25) is 11.8 Å². The van der Waals surface area contributed by atoms with Crippen LogP contribution in [-0.2, 0) is 22.7 Å². The number of amides is 3. The van der Waals surface area contributed by atoms with Crippen LogP contribution in [-0.4, -0.2) is 46.7 Å². The molecule has 3 amide bonds. The number of carbonyl (C=O) groups excluding carboxylic acids is 3. The fraction of sp³-hybridized carbons (Fsp3) is 0.318. The van der Waals surface area contributed by atoms with Crippen LogP contribution in [0, 0.1) is 0 Å². The van der Waals surface area contributed by atoms with Crippen LogP contribution in [0.15, 0.2) is 53.0 Å². The SMILES string of the molecule is O=C(NCc1ccccc1Br)c1ccc(CN2CC(=O)N3CCC[C@H]3C2=O)cc1. The molecule has 0 bridgehead atoms. The number of nitrogens with zero attached hydrogens (tertiary/aromatic N) is 2. The largest absolute Gasteiger partial charge is 0.348 e. The third kappa shape index (κ3) is 4.19. The number of hydrogen-bond donors (Lipinski definition) is 1. The van der Waals surface area contributed by atoms with E-state index in [4.69, 9.17) is 0 Å². The van der Waals surface area contributed by atoms with Gasteiger partial charge in [0, 0.05) is 29.7 Å². The van der Waals surface area contributed by atoms with E-state index in [1.165, 1.54) is 0 Å². The second-order valence-corrected chi connectivity index (χ2v) is 8.26. The van der Waals surface area contributed by atoms with Crippen molar-refractivity contribution in [2.24, 2.45) is 0 Å². The number of piperazine rings is 1. The van der Waals surface area contributed by atoms with Gasteiger partial charge >= 0.3 is 0 Å². The lowest BCUT2D eigenvalue weighted by atomic mass is 10.1.